The third-order valence-corrected chi connectivity index (χ3v) is 3.85. The molecule has 4 heteroatoms. The predicted molar refractivity (Wildman–Crippen MR) is 79.0 cm³/mol. The summed E-state index contributed by atoms with van der Waals surface area (Å²) in [7, 11) is 0. The second-order valence-corrected chi connectivity index (χ2v) is 5.72. The Labute approximate surface area is 125 Å². The van der Waals surface area contributed by atoms with Gasteiger partial charge < -0.3 is 5.11 Å². The van der Waals surface area contributed by atoms with Gasteiger partial charge in [0.1, 0.15) is 5.82 Å². The molecule has 0 aliphatic heterocycles. The highest BCUT2D eigenvalue weighted by Crippen LogP contribution is 2.20. The zero-order valence-corrected chi connectivity index (χ0v) is 12.5. The minimum absolute atomic E-state index is 0.289. The molecule has 0 amide bonds. The van der Waals surface area contributed by atoms with Gasteiger partial charge in [0, 0.05) is 9.50 Å². The standard InChI is InChI=1S/C15H13BrClFO/c16-15-9-13(18)6-3-11(15)8-14(19)7-10-1-4-12(17)5-2-10/h1-6,9,14,19H,7-8H2. The van der Waals surface area contributed by atoms with Crippen molar-refractivity contribution in [2.45, 2.75) is 18.9 Å². The smallest absolute Gasteiger partial charge is 0.124 e. The van der Waals surface area contributed by atoms with E-state index < -0.39 is 6.10 Å². The second kappa shape index (κ2) is 6.51. The highest BCUT2D eigenvalue weighted by molar-refractivity contribution is 9.10. The van der Waals surface area contributed by atoms with Gasteiger partial charge in [-0.2, -0.15) is 0 Å². The van der Waals surface area contributed by atoms with Crippen LogP contribution in [0.1, 0.15) is 11.1 Å². The van der Waals surface area contributed by atoms with Gasteiger partial charge in [-0.3, -0.25) is 0 Å². The summed E-state index contributed by atoms with van der Waals surface area (Å²) in [6.07, 6.45) is 0.507. The quantitative estimate of drug-likeness (QED) is 0.873. The summed E-state index contributed by atoms with van der Waals surface area (Å²) in [5.74, 6) is -0.289. The van der Waals surface area contributed by atoms with Gasteiger partial charge in [0.2, 0.25) is 0 Å². The number of rotatable bonds is 4. The topological polar surface area (TPSA) is 20.2 Å². The minimum Gasteiger partial charge on any atom is -0.392 e. The van der Waals surface area contributed by atoms with Crippen molar-refractivity contribution in [3.05, 3.63) is 68.9 Å². The van der Waals surface area contributed by atoms with Crippen LogP contribution in [0.15, 0.2) is 46.9 Å². The molecule has 0 aromatic heterocycles. The first kappa shape index (κ1) is 14.5. The number of aliphatic hydroxyl groups excluding tert-OH is 1. The van der Waals surface area contributed by atoms with E-state index in [-0.39, 0.29) is 5.82 Å². The Morgan fingerprint density at radius 3 is 2.42 bits per heavy atom. The van der Waals surface area contributed by atoms with Crippen LogP contribution >= 0.6 is 27.5 Å². The molecular formula is C15H13BrClFO. The number of aliphatic hydroxyl groups is 1. The Kier molecular flexibility index (Phi) is 4.97. The van der Waals surface area contributed by atoms with Gasteiger partial charge in [0.25, 0.3) is 0 Å². The third kappa shape index (κ3) is 4.30. The summed E-state index contributed by atoms with van der Waals surface area (Å²) in [5.41, 5.74) is 1.91. The summed E-state index contributed by atoms with van der Waals surface area (Å²) >= 11 is 9.11. The van der Waals surface area contributed by atoms with E-state index in [0.717, 1.165) is 11.1 Å². The van der Waals surface area contributed by atoms with Crippen molar-refractivity contribution in [3.8, 4) is 0 Å². The Balaban J connectivity index is 2.01. The van der Waals surface area contributed by atoms with Crippen LogP contribution in [0, 0.1) is 5.82 Å². The molecule has 19 heavy (non-hydrogen) atoms. The molecule has 0 radical (unpaired) electrons. The van der Waals surface area contributed by atoms with Crippen LogP contribution in [0.2, 0.25) is 5.02 Å². The van der Waals surface area contributed by atoms with Gasteiger partial charge in [-0.1, -0.05) is 45.7 Å². The van der Waals surface area contributed by atoms with E-state index in [1.165, 1.54) is 12.1 Å². The lowest BCUT2D eigenvalue weighted by Gasteiger charge is -2.12. The molecule has 0 spiro atoms. The molecule has 1 nitrogen and oxygen atoms in total. The molecule has 1 N–H and O–H groups in total. The Morgan fingerprint density at radius 1 is 1.11 bits per heavy atom. The maximum Gasteiger partial charge on any atom is 0.124 e. The van der Waals surface area contributed by atoms with Crippen LogP contribution < -0.4 is 0 Å². The van der Waals surface area contributed by atoms with Crippen LogP contribution in [-0.4, -0.2) is 11.2 Å². The van der Waals surface area contributed by atoms with Crippen molar-refractivity contribution < 1.29 is 9.50 Å². The van der Waals surface area contributed by atoms with E-state index in [2.05, 4.69) is 15.9 Å². The van der Waals surface area contributed by atoms with E-state index in [1.54, 1.807) is 18.2 Å². The number of halogens is 3. The van der Waals surface area contributed by atoms with Crippen molar-refractivity contribution in [1.29, 1.82) is 0 Å². The Bertz CT molecular complexity index is 557. The Morgan fingerprint density at radius 2 is 1.79 bits per heavy atom. The first-order chi connectivity index (χ1) is 9.04. The first-order valence-electron chi connectivity index (χ1n) is 5.91. The van der Waals surface area contributed by atoms with Crippen LogP contribution in [0.5, 0.6) is 0 Å². The van der Waals surface area contributed by atoms with Gasteiger partial charge in [-0.25, -0.2) is 4.39 Å². The fourth-order valence-corrected chi connectivity index (χ4v) is 2.54. The molecule has 1 unspecified atom stereocenters. The minimum atomic E-state index is -0.511. The normalized spacial score (nSPS) is 12.4. The van der Waals surface area contributed by atoms with Crippen LogP contribution in [0.25, 0.3) is 0 Å². The monoisotopic (exact) mass is 342 g/mol. The molecule has 100 valence electrons. The van der Waals surface area contributed by atoms with Gasteiger partial charge in [-0.15, -0.1) is 0 Å². The van der Waals surface area contributed by atoms with Crippen molar-refractivity contribution in [2.24, 2.45) is 0 Å². The lowest BCUT2D eigenvalue weighted by Crippen LogP contribution is -2.14. The molecular weight excluding hydrogens is 331 g/mol. The fraction of sp³-hybridized carbons (Fsp3) is 0.200. The molecule has 0 aliphatic rings. The van der Waals surface area contributed by atoms with Crippen molar-refractivity contribution in [1.82, 2.24) is 0 Å². The summed E-state index contributed by atoms with van der Waals surface area (Å²) in [5, 5.41) is 10.8. The number of hydrogen-bond donors (Lipinski definition) is 1. The van der Waals surface area contributed by atoms with Crippen molar-refractivity contribution in [2.75, 3.05) is 0 Å². The highest BCUT2D eigenvalue weighted by atomic mass is 79.9. The summed E-state index contributed by atoms with van der Waals surface area (Å²) in [6.45, 7) is 0. The van der Waals surface area contributed by atoms with Crippen LogP contribution in [0.4, 0.5) is 4.39 Å². The molecule has 0 saturated heterocycles. The first-order valence-corrected chi connectivity index (χ1v) is 7.08. The molecule has 0 fully saturated rings. The van der Waals surface area contributed by atoms with E-state index in [9.17, 15) is 9.50 Å². The van der Waals surface area contributed by atoms with Gasteiger partial charge in [0.05, 0.1) is 6.10 Å². The largest absolute Gasteiger partial charge is 0.392 e. The molecule has 1 atom stereocenters. The summed E-state index contributed by atoms with van der Waals surface area (Å²) in [6, 6.07) is 11.9. The molecule has 0 aliphatic carbocycles. The molecule has 0 bridgehead atoms. The average Bonchev–Trinajstić information content (AvgIpc) is 2.36. The van der Waals surface area contributed by atoms with Gasteiger partial charge in [0.15, 0.2) is 0 Å². The maximum atomic E-state index is 13.0. The number of hydrogen-bond acceptors (Lipinski definition) is 1. The maximum absolute atomic E-state index is 13.0. The van der Waals surface area contributed by atoms with Gasteiger partial charge in [-0.05, 0) is 48.2 Å². The molecule has 0 heterocycles. The second-order valence-electron chi connectivity index (χ2n) is 4.42. The average molecular weight is 344 g/mol. The molecule has 2 aromatic carbocycles. The lowest BCUT2D eigenvalue weighted by molar-refractivity contribution is 0.175. The molecule has 0 saturated carbocycles. The van der Waals surface area contributed by atoms with E-state index in [0.29, 0.717) is 22.3 Å². The highest BCUT2D eigenvalue weighted by Gasteiger charge is 2.10. The van der Waals surface area contributed by atoms with Crippen molar-refractivity contribution in [3.63, 3.8) is 0 Å². The zero-order valence-electron chi connectivity index (χ0n) is 10.1. The Hall–Kier alpha value is -0.900. The van der Waals surface area contributed by atoms with E-state index in [4.69, 9.17) is 11.6 Å². The van der Waals surface area contributed by atoms with Crippen LogP contribution in [-0.2, 0) is 12.8 Å². The predicted octanol–water partition coefficient (Wildman–Crippen LogP) is 4.39. The number of benzene rings is 2. The summed E-state index contributed by atoms with van der Waals surface area (Å²) in [4.78, 5) is 0. The molecule has 2 aromatic rings. The lowest BCUT2D eigenvalue weighted by atomic mass is 10.0. The van der Waals surface area contributed by atoms with E-state index >= 15 is 0 Å². The molecule has 2 rings (SSSR count). The fourth-order valence-electron chi connectivity index (χ4n) is 1.91. The van der Waals surface area contributed by atoms with E-state index in [1.807, 2.05) is 12.1 Å². The van der Waals surface area contributed by atoms with Gasteiger partial charge >= 0.3 is 0 Å². The SMILES string of the molecule is OC(Cc1ccc(Cl)cc1)Cc1ccc(F)cc1Br. The van der Waals surface area contributed by atoms with Crippen molar-refractivity contribution >= 4 is 27.5 Å². The third-order valence-electron chi connectivity index (χ3n) is 2.86. The zero-order chi connectivity index (χ0) is 13.8. The summed E-state index contributed by atoms with van der Waals surface area (Å²) < 4.78 is 13.6. The van der Waals surface area contributed by atoms with Crippen LogP contribution in [0.3, 0.4) is 0 Å².